The van der Waals surface area contributed by atoms with Gasteiger partial charge in [0.1, 0.15) is 5.75 Å². The van der Waals surface area contributed by atoms with Gasteiger partial charge < -0.3 is 9.47 Å². The number of alkyl halides is 3. The predicted octanol–water partition coefficient (Wildman–Crippen LogP) is 3.16. The lowest BCUT2D eigenvalue weighted by Gasteiger charge is -2.14. The third kappa shape index (κ3) is 4.46. The SMILES string of the molecule is CCOC(=O)Cc1c(CBr)cc(C#N)cc1OC(F)F. The van der Waals surface area contributed by atoms with Crippen LogP contribution in [0.1, 0.15) is 23.6 Å². The second-order valence-corrected chi connectivity index (χ2v) is 4.28. The summed E-state index contributed by atoms with van der Waals surface area (Å²) < 4.78 is 34.0. The Labute approximate surface area is 123 Å². The molecule has 0 radical (unpaired) electrons. The van der Waals surface area contributed by atoms with E-state index < -0.39 is 12.6 Å². The van der Waals surface area contributed by atoms with Crippen LogP contribution in [-0.2, 0) is 21.3 Å². The zero-order valence-corrected chi connectivity index (χ0v) is 12.2. The fourth-order valence-corrected chi connectivity index (χ4v) is 2.15. The Kier molecular flexibility index (Phi) is 6.39. The maximum absolute atomic E-state index is 12.4. The van der Waals surface area contributed by atoms with Gasteiger partial charge in [0.05, 0.1) is 24.7 Å². The van der Waals surface area contributed by atoms with E-state index in [1.165, 1.54) is 12.1 Å². The van der Waals surface area contributed by atoms with E-state index in [0.29, 0.717) is 16.5 Å². The van der Waals surface area contributed by atoms with Crippen molar-refractivity contribution in [2.75, 3.05) is 6.61 Å². The molecule has 0 spiro atoms. The highest BCUT2D eigenvalue weighted by Crippen LogP contribution is 2.28. The smallest absolute Gasteiger partial charge is 0.387 e. The second kappa shape index (κ2) is 7.80. The zero-order valence-electron chi connectivity index (χ0n) is 10.7. The lowest BCUT2D eigenvalue weighted by atomic mass is 10.0. The van der Waals surface area contributed by atoms with Gasteiger partial charge in [0, 0.05) is 10.9 Å². The Morgan fingerprint density at radius 3 is 2.70 bits per heavy atom. The van der Waals surface area contributed by atoms with Gasteiger partial charge in [-0.15, -0.1) is 0 Å². The van der Waals surface area contributed by atoms with Crippen molar-refractivity contribution in [2.24, 2.45) is 0 Å². The van der Waals surface area contributed by atoms with Gasteiger partial charge in [-0.2, -0.15) is 14.0 Å². The van der Waals surface area contributed by atoms with Gasteiger partial charge in [-0.05, 0) is 24.6 Å². The Hall–Kier alpha value is -1.68. The standard InChI is InChI=1S/C13H12BrF2NO3/c1-2-19-12(18)5-10-9(6-14)3-8(7-17)4-11(10)20-13(15)16/h3-4,13H,2,5-6H2,1H3. The number of ether oxygens (including phenoxy) is 2. The van der Waals surface area contributed by atoms with E-state index in [1.807, 2.05) is 6.07 Å². The van der Waals surface area contributed by atoms with Gasteiger partial charge >= 0.3 is 12.6 Å². The largest absolute Gasteiger partial charge is 0.466 e. The first-order chi connectivity index (χ1) is 9.51. The fraction of sp³-hybridized carbons (Fsp3) is 0.385. The van der Waals surface area contributed by atoms with Crippen molar-refractivity contribution in [3.05, 3.63) is 28.8 Å². The Bertz CT molecular complexity index is 529. The Morgan fingerprint density at radius 1 is 1.50 bits per heavy atom. The van der Waals surface area contributed by atoms with E-state index in [2.05, 4.69) is 20.7 Å². The van der Waals surface area contributed by atoms with Gasteiger partial charge in [0.2, 0.25) is 0 Å². The van der Waals surface area contributed by atoms with E-state index in [9.17, 15) is 13.6 Å². The minimum absolute atomic E-state index is 0.179. The molecule has 0 saturated carbocycles. The summed E-state index contributed by atoms with van der Waals surface area (Å²) in [4.78, 5) is 11.5. The molecule has 0 fully saturated rings. The topological polar surface area (TPSA) is 59.3 Å². The van der Waals surface area contributed by atoms with Crippen molar-refractivity contribution in [1.82, 2.24) is 0 Å². The molecule has 0 saturated heterocycles. The maximum Gasteiger partial charge on any atom is 0.387 e. The van der Waals surface area contributed by atoms with E-state index in [1.54, 1.807) is 6.92 Å². The molecule has 1 aromatic carbocycles. The number of hydrogen-bond acceptors (Lipinski definition) is 4. The molecule has 0 unspecified atom stereocenters. The van der Waals surface area contributed by atoms with Crippen LogP contribution in [0.25, 0.3) is 0 Å². The first kappa shape index (κ1) is 16.4. The van der Waals surface area contributed by atoms with Crippen molar-refractivity contribution in [3.63, 3.8) is 0 Å². The number of halogens is 3. The van der Waals surface area contributed by atoms with Crippen molar-refractivity contribution in [3.8, 4) is 11.8 Å². The van der Waals surface area contributed by atoms with Crippen LogP contribution >= 0.6 is 15.9 Å². The summed E-state index contributed by atoms with van der Waals surface area (Å²) >= 11 is 3.20. The summed E-state index contributed by atoms with van der Waals surface area (Å²) in [6.45, 7) is -1.18. The van der Waals surface area contributed by atoms with E-state index in [4.69, 9.17) is 10.00 Å². The van der Waals surface area contributed by atoms with Gasteiger partial charge in [-0.3, -0.25) is 4.79 Å². The molecule has 4 nitrogen and oxygen atoms in total. The third-order valence-corrected chi connectivity index (χ3v) is 3.02. The first-order valence-corrected chi connectivity index (χ1v) is 6.86. The fourth-order valence-electron chi connectivity index (χ4n) is 1.64. The highest BCUT2D eigenvalue weighted by Gasteiger charge is 2.18. The molecule has 0 aliphatic carbocycles. The highest BCUT2D eigenvalue weighted by molar-refractivity contribution is 9.08. The van der Waals surface area contributed by atoms with Crippen LogP contribution in [0, 0.1) is 11.3 Å². The monoisotopic (exact) mass is 347 g/mol. The van der Waals surface area contributed by atoms with E-state index >= 15 is 0 Å². The van der Waals surface area contributed by atoms with Gasteiger partial charge in [0.15, 0.2) is 0 Å². The number of nitriles is 1. The maximum atomic E-state index is 12.4. The molecule has 1 rings (SSSR count). The molecule has 0 aliphatic heterocycles. The number of nitrogens with zero attached hydrogens (tertiary/aromatic N) is 1. The van der Waals surface area contributed by atoms with Crippen LogP contribution in [0.5, 0.6) is 5.75 Å². The number of hydrogen-bond donors (Lipinski definition) is 0. The Morgan fingerprint density at radius 2 is 2.20 bits per heavy atom. The molecule has 0 bridgehead atoms. The highest BCUT2D eigenvalue weighted by atomic mass is 79.9. The molecule has 20 heavy (non-hydrogen) atoms. The van der Waals surface area contributed by atoms with Crippen LogP contribution in [0.2, 0.25) is 0 Å². The van der Waals surface area contributed by atoms with E-state index in [-0.39, 0.29) is 24.3 Å². The molecule has 0 amide bonds. The zero-order chi connectivity index (χ0) is 15.1. The number of esters is 1. The van der Waals surface area contributed by atoms with E-state index in [0.717, 1.165) is 0 Å². The number of rotatable bonds is 6. The van der Waals surface area contributed by atoms with Crippen molar-refractivity contribution in [2.45, 2.75) is 25.3 Å². The average Bonchev–Trinajstić information content (AvgIpc) is 2.40. The molecule has 7 heteroatoms. The summed E-state index contributed by atoms with van der Waals surface area (Å²) in [5.74, 6) is -0.722. The minimum atomic E-state index is -3.03. The van der Waals surface area contributed by atoms with Crippen LogP contribution in [-0.4, -0.2) is 19.2 Å². The third-order valence-electron chi connectivity index (χ3n) is 2.42. The van der Waals surface area contributed by atoms with Crippen LogP contribution in [0.15, 0.2) is 12.1 Å². The van der Waals surface area contributed by atoms with Gasteiger partial charge in [-0.25, -0.2) is 0 Å². The molecule has 0 heterocycles. The predicted molar refractivity (Wildman–Crippen MR) is 70.8 cm³/mol. The van der Waals surface area contributed by atoms with Crippen molar-refractivity contribution < 1.29 is 23.0 Å². The normalized spacial score (nSPS) is 10.2. The molecular weight excluding hydrogens is 336 g/mol. The Balaban J connectivity index is 3.22. The minimum Gasteiger partial charge on any atom is -0.466 e. The molecule has 0 aliphatic rings. The quantitative estimate of drug-likeness (QED) is 0.585. The summed E-state index contributed by atoms with van der Waals surface area (Å²) in [6, 6.07) is 4.56. The van der Waals surface area contributed by atoms with Crippen molar-refractivity contribution >= 4 is 21.9 Å². The molecule has 1 aromatic rings. The van der Waals surface area contributed by atoms with Crippen LogP contribution < -0.4 is 4.74 Å². The van der Waals surface area contributed by atoms with Gasteiger partial charge in [0.25, 0.3) is 0 Å². The lowest BCUT2D eigenvalue weighted by molar-refractivity contribution is -0.142. The number of carbonyl (C=O) groups excluding carboxylic acids is 1. The first-order valence-electron chi connectivity index (χ1n) is 5.74. The van der Waals surface area contributed by atoms with Crippen LogP contribution in [0.3, 0.4) is 0 Å². The average molecular weight is 348 g/mol. The summed E-state index contributed by atoms with van der Waals surface area (Å²) in [5.41, 5.74) is 1.01. The molecule has 0 aromatic heterocycles. The number of carbonyl (C=O) groups is 1. The molecule has 0 atom stereocenters. The number of benzene rings is 1. The molecule has 0 N–H and O–H groups in total. The second-order valence-electron chi connectivity index (χ2n) is 3.72. The lowest BCUT2D eigenvalue weighted by Crippen LogP contribution is -2.13. The molecule has 108 valence electrons. The van der Waals surface area contributed by atoms with Gasteiger partial charge in [-0.1, -0.05) is 15.9 Å². The summed E-state index contributed by atoms with van der Waals surface area (Å²) in [7, 11) is 0. The molecular formula is C13H12BrF2NO3. The van der Waals surface area contributed by atoms with Crippen LogP contribution in [0.4, 0.5) is 8.78 Å². The summed E-state index contributed by atoms with van der Waals surface area (Å²) in [5, 5.41) is 9.18. The summed E-state index contributed by atoms with van der Waals surface area (Å²) in [6.07, 6.45) is -0.192. The van der Waals surface area contributed by atoms with Crippen molar-refractivity contribution in [1.29, 1.82) is 5.26 Å².